The van der Waals surface area contributed by atoms with Crippen molar-refractivity contribution in [2.24, 2.45) is 0 Å². The normalized spacial score (nSPS) is 13.9. The Hall–Kier alpha value is -3.56. The highest BCUT2D eigenvalue weighted by Crippen LogP contribution is 2.28. The number of nitrogens with one attached hydrogen (secondary N) is 1. The van der Waals surface area contributed by atoms with Crippen LogP contribution in [0.2, 0.25) is 0 Å². The maximum absolute atomic E-state index is 15.3. The maximum atomic E-state index is 15.3. The van der Waals surface area contributed by atoms with E-state index in [0.717, 1.165) is 36.4 Å². The van der Waals surface area contributed by atoms with Gasteiger partial charge in [0.25, 0.3) is 5.91 Å². The molecule has 1 N–H and O–H groups in total. The summed E-state index contributed by atoms with van der Waals surface area (Å²) in [4.78, 5) is 33.9. The third-order valence-corrected chi connectivity index (χ3v) is 5.64. The number of carbonyl (C=O) groups is 1. The van der Waals surface area contributed by atoms with Crippen molar-refractivity contribution < 1.29 is 13.9 Å². The molecule has 2 aromatic heterocycles. The zero-order valence-corrected chi connectivity index (χ0v) is 19.0. The number of rotatable bonds is 7. The second-order valence-electron chi connectivity index (χ2n) is 8.24. The Balaban J connectivity index is 1.76. The van der Waals surface area contributed by atoms with E-state index in [1.54, 1.807) is 17.7 Å². The number of aryl methyl sites for hydroxylation is 2. The Morgan fingerprint density at radius 1 is 1.33 bits per heavy atom. The minimum Gasteiger partial charge on any atom is -0.490 e. The van der Waals surface area contributed by atoms with Crippen molar-refractivity contribution in [1.82, 2.24) is 24.3 Å². The van der Waals surface area contributed by atoms with Gasteiger partial charge < -0.3 is 10.1 Å². The molecule has 1 aromatic carbocycles. The Labute approximate surface area is 190 Å². The Morgan fingerprint density at radius 3 is 2.88 bits per heavy atom. The first-order valence-corrected chi connectivity index (χ1v) is 11.2. The summed E-state index contributed by atoms with van der Waals surface area (Å²) in [6.07, 6.45) is 6.78. The lowest BCUT2D eigenvalue weighted by Gasteiger charge is -2.18. The van der Waals surface area contributed by atoms with Gasteiger partial charge in [-0.15, -0.1) is 5.10 Å². The summed E-state index contributed by atoms with van der Waals surface area (Å²) in [6, 6.07) is 2.46. The molecule has 1 unspecified atom stereocenters. The zero-order valence-electron chi connectivity index (χ0n) is 19.0. The van der Waals surface area contributed by atoms with Crippen LogP contribution in [-0.4, -0.2) is 36.3 Å². The summed E-state index contributed by atoms with van der Waals surface area (Å²) in [6.45, 7) is 6.22. The van der Waals surface area contributed by atoms with Crippen LogP contribution in [0.3, 0.4) is 0 Å². The number of aromatic nitrogens is 5. The fourth-order valence-corrected chi connectivity index (χ4v) is 3.92. The summed E-state index contributed by atoms with van der Waals surface area (Å²) in [7, 11) is 0. The predicted molar refractivity (Wildman–Crippen MR) is 120 cm³/mol. The fourth-order valence-electron chi connectivity index (χ4n) is 3.92. The molecule has 3 aromatic rings. The van der Waals surface area contributed by atoms with Crippen molar-refractivity contribution in [1.29, 1.82) is 0 Å². The summed E-state index contributed by atoms with van der Waals surface area (Å²) in [5, 5.41) is 7.03. The first-order valence-electron chi connectivity index (χ1n) is 11.2. The largest absolute Gasteiger partial charge is 0.490 e. The molecule has 1 aliphatic rings. The van der Waals surface area contributed by atoms with E-state index in [1.165, 1.54) is 12.4 Å². The van der Waals surface area contributed by atoms with Gasteiger partial charge in [0, 0.05) is 30.8 Å². The average molecular weight is 455 g/mol. The highest BCUT2D eigenvalue weighted by atomic mass is 19.1. The summed E-state index contributed by atoms with van der Waals surface area (Å²) in [5.41, 5.74) is 0.231. The van der Waals surface area contributed by atoms with Gasteiger partial charge in [-0.2, -0.15) is 4.68 Å². The highest BCUT2D eigenvalue weighted by Gasteiger charge is 2.24. The second kappa shape index (κ2) is 9.51. The smallest absolute Gasteiger partial charge is 0.350 e. The van der Waals surface area contributed by atoms with Gasteiger partial charge in [0.1, 0.15) is 35.2 Å². The second-order valence-corrected chi connectivity index (χ2v) is 8.24. The molecule has 174 valence electrons. The van der Waals surface area contributed by atoms with E-state index in [9.17, 15) is 9.59 Å². The Bertz CT molecular complexity index is 1240. The number of halogens is 1. The van der Waals surface area contributed by atoms with Crippen LogP contribution in [0.15, 0.2) is 29.5 Å². The average Bonchev–Trinajstić information content (AvgIpc) is 3.13. The van der Waals surface area contributed by atoms with Crippen LogP contribution in [0.25, 0.3) is 5.69 Å². The molecular formula is C23H27FN6O3. The molecule has 9 nitrogen and oxygen atoms in total. The van der Waals surface area contributed by atoms with Gasteiger partial charge in [0.2, 0.25) is 0 Å². The Morgan fingerprint density at radius 2 is 2.15 bits per heavy atom. The maximum Gasteiger partial charge on any atom is 0.350 e. The third-order valence-electron chi connectivity index (χ3n) is 5.64. The molecule has 33 heavy (non-hydrogen) atoms. The lowest BCUT2D eigenvalue weighted by Crippen LogP contribution is -2.27. The topological polar surface area (TPSA) is 104 Å². The van der Waals surface area contributed by atoms with Crippen LogP contribution in [0.5, 0.6) is 5.75 Å². The standard InChI is InChI=1S/C23H27FN6O3/c1-4-7-15(3)33-19-11-18(30-23(32)29-9-6-5-8-20(29)28-30)17(24)10-16(19)22(31)27-21-14(2)12-25-13-26-21/h10-13,15H,4-9H2,1-3H3,(H,25,26,27,31). The first kappa shape index (κ1) is 22.6. The van der Waals surface area contributed by atoms with Gasteiger partial charge in [-0.05, 0) is 39.2 Å². The van der Waals surface area contributed by atoms with Gasteiger partial charge in [0.05, 0.1) is 11.7 Å². The van der Waals surface area contributed by atoms with E-state index >= 15 is 4.39 Å². The van der Waals surface area contributed by atoms with Gasteiger partial charge in [-0.25, -0.2) is 19.2 Å². The fraction of sp³-hybridized carbons (Fsp3) is 0.435. The van der Waals surface area contributed by atoms with Crippen LogP contribution < -0.4 is 15.7 Å². The van der Waals surface area contributed by atoms with Crippen molar-refractivity contribution in [2.45, 2.75) is 65.5 Å². The molecule has 0 radical (unpaired) electrons. The molecular weight excluding hydrogens is 427 g/mol. The molecule has 0 saturated heterocycles. The van der Waals surface area contributed by atoms with Gasteiger partial charge >= 0.3 is 5.69 Å². The van der Waals surface area contributed by atoms with Crippen LogP contribution in [0, 0.1) is 12.7 Å². The summed E-state index contributed by atoms with van der Waals surface area (Å²) in [5.74, 6) is -0.182. The molecule has 0 bridgehead atoms. The lowest BCUT2D eigenvalue weighted by atomic mass is 10.1. The van der Waals surface area contributed by atoms with E-state index in [2.05, 4.69) is 20.4 Å². The molecule has 1 atom stereocenters. The molecule has 1 amide bonds. The number of fused-ring (bicyclic) bond motifs is 1. The van der Waals surface area contributed by atoms with Gasteiger partial charge in [-0.1, -0.05) is 13.3 Å². The molecule has 1 aliphatic heterocycles. The summed E-state index contributed by atoms with van der Waals surface area (Å²) >= 11 is 0. The van der Waals surface area contributed by atoms with E-state index in [1.807, 2.05) is 13.8 Å². The van der Waals surface area contributed by atoms with E-state index in [-0.39, 0.29) is 23.1 Å². The molecule has 0 aliphatic carbocycles. The number of nitrogens with zero attached hydrogens (tertiary/aromatic N) is 5. The van der Waals surface area contributed by atoms with Crippen LogP contribution in [0.1, 0.15) is 61.3 Å². The van der Waals surface area contributed by atoms with E-state index < -0.39 is 17.4 Å². The quantitative estimate of drug-likeness (QED) is 0.587. The number of carbonyl (C=O) groups excluding carboxylic acids is 1. The Kier molecular flexibility index (Phi) is 6.52. The number of ether oxygens (including phenoxy) is 1. The minimum atomic E-state index is -0.743. The number of hydrogen-bond acceptors (Lipinski definition) is 6. The molecule has 0 spiro atoms. The monoisotopic (exact) mass is 454 g/mol. The van der Waals surface area contributed by atoms with Crippen LogP contribution >= 0.6 is 0 Å². The molecule has 4 rings (SSSR count). The van der Waals surface area contributed by atoms with Crippen molar-refractivity contribution >= 4 is 11.7 Å². The predicted octanol–water partition coefficient (Wildman–Crippen LogP) is 3.43. The van der Waals surface area contributed by atoms with E-state index in [0.29, 0.717) is 30.2 Å². The number of hydrogen-bond donors (Lipinski definition) is 1. The minimum absolute atomic E-state index is 0.00855. The van der Waals surface area contributed by atoms with Crippen molar-refractivity contribution in [3.05, 3.63) is 57.9 Å². The number of benzene rings is 1. The molecule has 0 saturated carbocycles. The number of anilines is 1. The van der Waals surface area contributed by atoms with Gasteiger partial charge in [0.15, 0.2) is 0 Å². The first-order chi connectivity index (χ1) is 15.9. The van der Waals surface area contributed by atoms with Crippen LogP contribution in [-0.2, 0) is 13.0 Å². The third kappa shape index (κ3) is 4.64. The van der Waals surface area contributed by atoms with Gasteiger partial charge in [-0.3, -0.25) is 9.36 Å². The zero-order chi connectivity index (χ0) is 23.5. The van der Waals surface area contributed by atoms with Crippen molar-refractivity contribution in [3.8, 4) is 11.4 Å². The highest BCUT2D eigenvalue weighted by molar-refractivity contribution is 6.06. The van der Waals surface area contributed by atoms with Crippen molar-refractivity contribution in [3.63, 3.8) is 0 Å². The number of amides is 1. The molecule has 10 heteroatoms. The van der Waals surface area contributed by atoms with E-state index in [4.69, 9.17) is 4.74 Å². The summed E-state index contributed by atoms with van der Waals surface area (Å²) < 4.78 is 23.9. The lowest BCUT2D eigenvalue weighted by molar-refractivity contribution is 0.101. The van der Waals surface area contributed by atoms with Crippen LogP contribution in [0.4, 0.5) is 10.2 Å². The molecule has 0 fully saturated rings. The molecule has 3 heterocycles. The SMILES string of the molecule is CCCC(C)Oc1cc(-n2nc3n(c2=O)CCCC3)c(F)cc1C(=O)Nc1ncncc1C. The van der Waals surface area contributed by atoms with Crippen molar-refractivity contribution in [2.75, 3.05) is 5.32 Å².